The summed E-state index contributed by atoms with van der Waals surface area (Å²) in [6.45, 7) is 8.12. The van der Waals surface area contributed by atoms with E-state index in [1.54, 1.807) is 16.7 Å². The van der Waals surface area contributed by atoms with Crippen molar-refractivity contribution in [3.63, 3.8) is 0 Å². The maximum absolute atomic E-state index is 14.3. The number of fused-ring (bicyclic) bond motifs is 2. The Bertz CT molecular complexity index is 1140. The summed E-state index contributed by atoms with van der Waals surface area (Å²) in [4.78, 5) is 48.2. The number of hydrogen-bond donors (Lipinski definition) is 1. The van der Waals surface area contributed by atoms with Gasteiger partial charge in [-0.25, -0.2) is 0 Å². The van der Waals surface area contributed by atoms with Gasteiger partial charge in [-0.3, -0.25) is 14.4 Å². The zero-order chi connectivity index (χ0) is 27.1. The van der Waals surface area contributed by atoms with Crippen LogP contribution in [0.2, 0.25) is 0 Å². The zero-order valence-corrected chi connectivity index (χ0v) is 23.4. The number of rotatable bonds is 8. The first kappa shape index (κ1) is 27.0. The van der Waals surface area contributed by atoms with Gasteiger partial charge in [0, 0.05) is 43.6 Å². The Kier molecular flexibility index (Phi) is 7.48. The number of carbonyl (C=O) groups excluding carboxylic acids is 3. The highest BCUT2D eigenvalue weighted by molar-refractivity contribution is 8.02. The molecule has 1 unspecified atom stereocenters. The quantitative estimate of drug-likeness (QED) is 0.407. The van der Waals surface area contributed by atoms with Gasteiger partial charge in [0.05, 0.1) is 16.6 Å². The summed E-state index contributed by atoms with van der Waals surface area (Å²) in [6, 6.07) is 9.30. The van der Waals surface area contributed by atoms with Crippen LogP contribution in [0.4, 0.5) is 0 Å². The number of nitrogens with zero attached hydrogens (tertiary/aromatic N) is 3. The minimum atomic E-state index is -0.802. The van der Waals surface area contributed by atoms with Crippen LogP contribution in [-0.2, 0) is 20.9 Å². The van der Waals surface area contributed by atoms with Crippen LogP contribution in [0, 0.1) is 11.8 Å². The molecule has 1 spiro atoms. The number of amides is 3. The summed E-state index contributed by atoms with van der Waals surface area (Å²) in [6.07, 6.45) is 10.4. The monoisotopic (exact) mass is 537 g/mol. The highest BCUT2D eigenvalue weighted by Crippen LogP contribution is 2.65. The van der Waals surface area contributed by atoms with Crippen LogP contribution in [0.3, 0.4) is 0 Å². The Morgan fingerprint density at radius 2 is 1.68 bits per heavy atom. The number of aliphatic hydroxyl groups excluding tert-OH is 1. The number of benzene rings is 1. The van der Waals surface area contributed by atoms with E-state index < -0.39 is 27.4 Å². The number of hydrogen-bond acceptors (Lipinski definition) is 5. The van der Waals surface area contributed by atoms with Crippen LogP contribution in [0.15, 0.2) is 54.6 Å². The van der Waals surface area contributed by atoms with Crippen molar-refractivity contribution in [2.45, 2.75) is 68.2 Å². The van der Waals surface area contributed by atoms with E-state index in [2.05, 4.69) is 25.2 Å². The molecule has 2 saturated heterocycles. The molecular formula is C30H39N3O4S. The van der Waals surface area contributed by atoms with Crippen LogP contribution >= 0.6 is 11.8 Å². The number of likely N-dealkylation sites (tertiary alicyclic amines) is 1. The summed E-state index contributed by atoms with van der Waals surface area (Å²) in [5.74, 6) is -1.31. The fourth-order valence-electron chi connectivity index (χ4n) is 6.81. The number of aliphatic hydroxyl groups is 1. The van der Waals surface area contributed by atoms with E-state index in [4.69, 9.17) is 0 Å². The van der Waals surface area contributed by atoms with Gasteiger partial charge in [0.25, 0.3) is 0 Å². The molecule has 5 atom stereocenters. The molecule has 3 amide bonds. The van der Waals surface area contributed by atoms with Gasteiger partial charge in [-0.05, 0) is 45.6 Å². The Hall–Kier alpha value is -2.58. The third-order valence-electron chi connectivity index (χ3n) is 8.57. The lowest BCUT2D eigenvalue weighted by atomic mass is 9.74. The lowest BCUT2D eigenvalue weighted by molar-refractivity contribution is -0.145. The Balaban J connectivity index is 1.55. The van der Waals surface area contributed by atoms with E-state index in [1.807, 2.05) is 60.1 Å². The van der Waals surface area contributed by atoms with Crippen LogP contribution in [0.5, 0.6) is 0 Å². The molecule has 1 aromatic rings. The number of unbranched alkanes of at least 4 members (excludes halogenated alkanes) is 2. The molecule has 1 N–H and O–H groups in total. The summed E-state index contributed by atoms with van der Waals surface area (Å²) >= 11 is 1.64. The lowest BCUT2D eigenvalue weighted by Gasteiger charge is -2.37. The lowest BCUT2D eigenvalue weighted by Crippen LogP contribution is -2.54. The highest BCUT2D eigenvalue weighted by Gasteiger charge is 2.73. The molecule has 0 radical (unpaired) electrons. The number of carbonyl (C=O) groups is 3. The normalized spacial score (nSPS) is 32.5. The van der Waals surface area contributed by atoms with Crippen molar-refractivity contribution in [2.24, 2.45) is 11.8 Å². The molecule has 4 heterocycles. The first-order valence-electron chi connectivity index (χ1n) is 13.8. The van der Waals surface area contributed by atoms with Gasteiger partial charge in [0.15, 0.2) is 0 Å². The molecule has 8 heteroatoms. The van der Waals surface area contributed by atoms with Gasteiger partial charge < -0.3 is 19.8 Å². The second-order valence-electron chi connectivity index (χ2n) is 11.4. The molecule has 5 rings (SSSR count). The Morgan fingerprint density at radius 3 is 2.39 bits per heavy atom. The van der Waals surface area contributed by atoms with Crippen molar-refractivity contribution in [3.8, 4) is 0 Å². The van der Waals surface area contributed by atoms with Gasteiger partial charge in [-0.2, -0.15) is 0 Å². The second kappa shape index (κ2) is 10.5. The first-order chi connectivity index (χ1) is 18.2. The van der Waals surface area contributed by atoms with Gasteiger partial charge in [-0.15, -0.1) is 11.8 Å². The van der Waals surface area contributed by atoms with Crippen molar-refractivity contribution in [2.75, 3.05) is 26.2 Å². The molecule has 38 heavy (non-hydrogen) atoms. The first-order valence-corrected chi connectivity index (χ1v) is 14.7. The summed E-state index contributed by atoms with van der Waals surface area (Å²) in [5.41, 5.74) is 1.05. The summed E-state index contributed by atoms with van der Waals surface area (Å²) in [7, 11) is 0. The van der Waals surface area contributed by atoms with Gasteiger partial charge in [0.1, 0.15) is 6.04 Å². The predicted molar refractivity (Wildman–Crippen MR) is 149 cm³/mol. The molecule has 7 nitrogen and oxygen atoms in total. The third kappa shape index (κ3) is 4.39. The van der Waals surface area contributed by atoms with E-state index in [0.717, 1.165) is 12.0 Å². The van der Waals surface area contributed by atoms with E-state index in [0.29, 0.717) is 39.0 Å². The van der Waals surface area contributed by atoms with E-state index in [1.165, 1.54) is 0 Å². The minimum absolute atomic E-state index is 0.00282. The van der Waals surface area contributed by atoms with Crippen LogP contribution < -0.4 is 0 Å². The van der Waals surface area contributed by atoms with Crippen molar-refractivity contribution < 1.29 is 19.5 Å². The molecule has 0 aromatic heterocycles. The zero-order valence-electron chi connectivity index (χ0n) is 22.6. The van der Waals surface area contributed by atoms with Gasteiger partial charge in [-0.1, -0.05) is 54.6 Å². The fraction of sp³-hybridized carbons (Fsp3) is 0.567. The molecule has 4 aliphatic heterocycles. The van der Waals surface area contributed by atoms with Crippen LogP contribution in [0.25, 0.3) is 0 Å². The molecule has 0 aliphatic carbocycles. The molecule has 0 saturated carbocycles. The minimum Gasteiger partial charge on any atom is -0.396 e. The summed E-state index contributed by atoms with van der Waals surface area (Å²) < 4.78 is -1.40. The van der Waals surface area contributed by atoms with E-state index in [-0.39, 0.29) is 30.4 Å². The van der Waals surface area contributed by atoms with Crippen molar-refractivity contribution in [1.82, 2.24) is 14.7 Å². The largest absolute Gasteiger partial charge is 0.396 e. The average molecular weight is 538 g/mol. The topological polar surface area (TPSA) is 81.2 Å². The fourth-order valence-corrected chi connectivity index (χ4v) is 8.97. The molecule has 4 aliphatic rings. The Labute approximate surface area is 229 Å². The summed E-state index contributed by atoms with van der Waals surface area (Å²) in [5, 5.41) is 9.24. The maximum Gasteiger partial charge on any atom is 0.247 e. The SMILES string of the molecule is CC(C)N1CC=C[C@]23S[C@@]4(C)C=CCN(Cc5ccccc5)C(=O)[C@H]4[C@H]2C(=O)N(CCCCCO)C3C1=O. The molecule has 204 valence electrons. The van der Waals surface area contributed by atoms with Crippen molar-refractivity contribution in [1.29, 1.82) is 0 Å². The standard InChI is InChI=1S/C30H39N3O4S/c1-21(2)32-18-11-15-30-24(27(36)33(25(30)28(32)37)17-8-5-9-19-34)23-26(35)31(16-10-14-29(23,3)38-30)20-22-12-6-4-7-13-22/h4,6-7,10-15,21,23-25,34H,5,8-9,16-20H2,1-3H3/t23-,24+,25?,29+,30+/m1/s1. The van der Waals surface area contributed by atoms with E-state index in [9.17, 15) is 19.5 Å². The molecule has 2 fully saturated rings. The Morgan fingerprint density at radius 1 is 0.947 bits per heavy atom. The average Bonchev–Trinajstić information content (AvgIpc) is 3.15. The number of thioether (sulfide) groups is 1. The van der Waals surface area contributed by atoms with E-state index >= 15 is 0 Å². The highest BCUT2D eigenvalue weighted by atomic mass is 32.2. The smallest absolute Gasteiger partial charge is 0.247 e. The predicted octanol–water partition coefficient (Wildman–Crippen LogP) is 3.24. The molecular weight excluding hydrogens is 498 g/mol. The van der Waals surface area contributed by atoms with Crippen LogP contribution in [0.1, 0.15) is 45.6 Å². The third-order valence-corrected chi connectivity index (χ3v) is 10.4. The molecule has 1 aromatic carbocycles. The van der Waals surface area contributed by atoms with Crippen LogP contribution in [-0.4, -0.2) is 85.3 Å². The van der Waals surface area contributed by atoms with Gasteiger partial charge in [0.2, 0.25) is 17.7 Å². The maximum atomic E-state index is 14.3. The van der Waals surface area contributed by atoms with Crippen molar-refractivity contribution in [3.05, 3.63) is 60.2 Å². The van der Waals surface area contributed by atoms with Gasteiger partial charge >= 0.3 is 0 Å². The second-order valence-corrected chi connectivity index (χ2v) is 13.2. The molecule has 0 bridgehead atoms. The van der Waals surface area contributed by atoms with Crippen molar-refractivity contribution >= 4 is 29.5 Å².